The van der Waals surface area contributed by atoms with Gasteiger partial charge in [0.25, 0.3) is 5.91 Å². The topological polar surface area (TPSA) is 33.2 Å². The van der Waals surface area contributed by atoms with Gasteiger partial charge in [-0.25, -0.2) is 9.37 Å². The normalized spacial score (nSPS) is 10.5. The van der Waals surface area contributed by atoms with Crippen LogP contribution >= 0.6 is 11.3 Å². The van der Waals surface area contributed by atoms with E-state index in [0.717, 1.165) is 10.6 Å². The third-order valence-corrected chi connectivity index (χ3v) is 3.54. The second kappa shape index (κ2) is 5.93. The highest BCUT2D eigenvalue weighted by Crippen LogP contribution is 2.13. The number of carbonyl (C=O) groups excluding carboxylic acids is 1. The van der Waals surface area contributed by atoms with Gasteiger partial charge < -0.3 is 4.90 Å². The fraction of sp³-hybridized carbons (Fsp3) is 0.286. The highest BCUT2D eigenvalue weighted by atomic mass is 32.1. The number of aromatic nitrogens is 1. The SMILES string of the molecule is CCN(Cc1cccc(F)c1)C(=O)c1csc(C)n1. The average molecular weight is 278 g/mol. The molecule has 0 radical (unpaired) electrons. The zero-order valence-corrected chi connectivity index (χ0v) is 11.7. The van der Waals surface area contributed by atoms with Crippen LogP contribution in [-0.2, 0) is 6.54 Å². The van der Waals surface area contributed by atoms with Crippen LogP contribution in [0, 0.1) is 12.7 Å². The minimum atomic E-state index is -0.287. The lowest BCUT2D eigenvalue weighted by molar-refractivity contribution is 0.0747. The minimum absolute atomic E-state index is 0.115. The molecule has 0 unspecified atom stereocenters. The van der Waals surface area contributed by atoms with E-state index in [1.807, 2.05) is 19.9 Å². The molecule has 0 saturated heterocycles. The third-order valence-electron chi connectivity index (χ3n) is 2.77. The van der Waals surface area contributed by atoms with Gasteiger partial charge >= 0.3 is 0 Å². The summed E-state index contributed by atoms with van der Waals surface area (Å²) in [5.74, 6) is -0.401. The quantitative estimate of drug-likeness (QED) is 0.860. The Kier molecular flexibility index (Phi) is 4.27. The van der Waals surface area contributed by atoms with E-state index in [1.54, 1.807) is 16.3 Å². The number of amides is 1. The van der Waals surface area contributed by atoms with Crippen LogP contribution in [0.25, 0.3) is 0 Å². The van der Waals surface area contributed by atoms with Crippen LogP contribution < -0.4 is 0 Å². The molecule has 0 N–H and O–H groups in total. The van der Waals surface area contributed by atoms with Crippen molar-refractivity contribution in [3.8, 4) is 0 Å². The van der Waals surface area contributed by atoms with Crippen molar-refractivity contribution in [2.24, 2.45) is 0 Å². The molecule has 100 valence electrons. The van der Waals surface area contributed by atoms with Crippen LogP contribution in [0.3, 0.4) is 0 Å². The Hall–Kier alpha value is -1.75. The van der Waals surface area contributed by atoms with Gasteiger partial charge in [0.15, 0.2) is 0 Å². The molecule has 0 spiro atoms. The van der Waals surface area contributed by atoms with Crippen molar-refractivity contribution in [1.29, 1.82) is 0 Å². The van der Waals surface area contributed by atoms with Gasteiger partial charge in [0.1, 0.15) is 11.5 Å². The predicted molar refractivity (Wildman–Crippen MR) is 73.7 cm³/mol. The molecular weight excluding hydrogens is 263 g/mol. The first kappa shape index (κ1) is 13.7. The number of aryl methyl sites for hydroxylation is 1. The van der Waals surface area contributed by atoms with Crippen molar-refractivity contribution in [2.75, 3.05) is 6.54 Å². The number of halogens is 1. The van der Waals surface area contributed by atoms with Crippen LogP contribution in [-0.4, -0.2) is 22.3 Å². The summed E-state index contributed by atoms with van der Waals surface area (Å²) in [6.45, 7) is 4.72. The summed E-state index contributed by atoms with van der Waals surface area (Å²) in [6.07, 6.45) is 0. The number of rotatable bonds is 4. The van der Waals surface area contributed by atoms with Crippen LogP contribution in [0.15, 0.2) is 29.6 Å². The number of nitrogens with zero attached hydrogens (tertiary/aromatic N) is 2. The largest absolute Gasteiger partial charge is 0.333 e. The Balaban J connectivity index is 2.14. The van der Waals surface area contributed by atoms with E-state index in [4.69, 9.17) is 0 Å². The molecule has 0 fully saturated rings. The third kappa shape index (κ3) is 3.38. The van der Waals surface area contributed by atoms with E-state index < -0.39 is 0 Å². The van der Waals surface area contributed by atoms with Gasteiger partial charge in [0, 0.05) is 18.5 Å². The Labute approximate surface area is 115 Å². The summed E-state index contributed by atoms with van der Waals surface area (Å²) in [6, 6.07) is 6.30. The van der Waals surface area contributed by atoms with Gasteiger partial charge in [-0.2, -0.15) is 0 Å². The van der Waals surface area contributed by atoms with Crippen molar-refractivity contribution in [2.45, 2.75) is 20.4 Å². The van der Waals surface area contributed by atoms with Crippen LogP contribution in [0.1, 0.15) is 28.0 Å². The summed E-state index contributed by atoms with van der Waals surface area (Å²) in [7, 11) is 0. The van der Waals surface area contributed by atoms with Crippen molar-refractivity contribution < 1.29 is 9.18 Å². The Morgan fingerprint density at radius 2 is 2.26 bits per heavy atom. The molecule has 5 heteroatoms. The maximum Gasteiger partial charge on any atom is 0.273 e. The van der Waals surface area contributed by atoms with E-state index in [1.165, 1.54) is 23.5 Å². The number of hydrogen-bond donors (Lipinski definition) is 0. The number of thiazole rings is 1. The number of carbonyl (C=O) groups is 1. The van der Waals surface area contributed by atoms with E-state index >= 15 is 0 Å². The highest BCUT2D eigenvalue weighted by Gasteiger charge is 2.17. The van der Waals surface area contributed by atoms with E-state index in [-0.39, 0.29) is 11.7 Å². The first-order valence-corrected chi connectivity index (χ1v) is 6.94. The molecule has 2 aromatic rings. The molecule has 3 nitrogen and oxygen atoms in total. The van der Waals surface area contributed by atoms with Gasteiger partial charge in [-0.1, -0.05) is 12.1 Å². The second-order valence-corrected chi connectivity index (χ2v) is 5.26. The molecule has 1 aromatic carbocycles. The van der Waals surface area contributed by atoms with Crippen molar-refractivity contribution in [3.63, 3.8) is 0 Å². The average Bonchev–Trinajstić information content (AvgIpc) is 2.82. The lowest BCUT2D eigenvalue weighted by Gasteiger charge is -2.19. The summed E-state index contributed by atoms with van der Waals surface area (Å²) < 4.78 is 13.1. The monoisotopic (exact) mass is 278 g/mol. The van der Waals surface area contributed by atoms with Crippen LogP contribution in [0.5, 0.6) is 0 Å². The second-order valence-electron chi connectivity index (χ2n) is 4.20. The molecule has 2 rings (SSSR count). The molecule has 0 aliphatic carbocycles. The van der Waals surface area contributed by atoms with E-state index in [0.29, 0.717) is 18.8 Å². The van der Waals surface area contributed by atoms with Crippen molar-refractivity contribution in [3.05, 3.63) is 51.7 Å². The molecule has 1 heterocycles. The van der Waals surface area contributed by atoms with Gasteiger partial charge in [-0.3, -0.25) is 4.79 Å². The fourth-order valence-corrected chi connectivity index (χ4v) is 2.39. The first-order valence-electron chi connectivity index (χ1n) is 6.06. The fourth-order valence-electron chi connectivity index (χ4n) is 1.81. The van der Waals surface area contributed by atoms with Crippen molar-refractivity contribution >= 4 is 17.2 Å². The van der Waals surface area contributed by atoms with Gasteiger partial charge in [-0.15, -0.1) is 11.3 Å². The molecule has 1 aromatic heterocycles. The smallest absolute Gasteiger partial charge is 0.273 e. The van der Waals surface area contributed by atoms with Crippen molar-refractivity contribution in [1.82, 2.24) is 9.88 Å². The Bertz CT molecular complexity index is 582. The molecule has 0 aliphatic rings. The maximum atomic E-state index is 13.1. The van der Waals surface area contributed by atoms with Gasteiger partial charge in [0.2, 0.25) is 0 Å². The van der Waals surface area contributed by atoms with Crippen LogP contribution in [0.4, 0.5) is 4.39 Å². The first-order chi connectivity index (χ1) is 9.10. The molecule has 19 heavy (non-hydrogen) atoms. The number of benzene rings is 1. The lowest BCUT2D eigenvalue weighted by Crippen LogP contribution is -2.30. The molecule has 0 bridgehead atoms. The zero-order valence-electron chi connectivity index (χ0n) is 10.9. The summed E-state index contributed by atoms with van der Waals surface area (Å²) in [4.78, 5) is 18.1. The molecule has 1 amide bonds. The predicted octanol–water partition coefficient (Wildman–Crippen LogP) is 3.25. The van der Waals surface area contributed by atoms with E-state index in [2.05, 4.69) is 4.98 Å². The summed E-state index contributed by atoms with van der Waals surface area (Å²) >= 11 is 1.45. The minimum Gasteiger partial charge on any atom is -0.333 e. The maximum absolute atomic E-state index is 13.1. The molecule has 0 atom stereocenters. The Morgan fingerprint density at radius 1 is 1.47 bits per heavy atom. The van der Waals surface area contributed by atoms with Gasteiger partial charge in [0.05, 0.1) is 5.01 Å². The number of hydrogen-bond acceptors (Lipinski definition) is 3. The molecule has 0 saturated carbocycles. The zero-order chi connectivity index (χ0) is 13.8. The van der Waals surface area contributed by atoms with Crippen LogP contribution in [0.2, 0.25) is 0 Å². The lowest BCUT2D eigenvalue weighted by atomic mass is 10.2. The standard InChI is InChI=1S/C14H15FN2OS/c1-3-17(8-11-5-4-6-12(15)7-11)14(18)13-9-19-10(2)16-13/h4-7,9H,3,8H2,1-2H3. The highest BCUT2D eigenvalue weighted by molar-refractivity contribution is 7.09. The van der Waals surface area contributed by atoms with E-state index in [9.17, 15) is 9.18 Å². The summed E-state index contributed by atoms with van der Waals surface area (Å²) in [5.41, 5.74) is 1.24. The Morgan fingerprint density at radius 3 is 2.84 bits per heavy atom. The molecular formula is C14H15FN2OS. The summed E-state index contributed by atoms with van der Waals surface area (Å²) in [5, 5.41) is 2.62. The van der Waals surface area contributed by atoms with Gasteiger partial charge in [-0.05, 0) is 31.5 Å². The molecule has 0 aliphatic heterocycles.